The minimum Gasteiger partial charge on any atom is -0.384 e. The normalized spacial score (nSPS) is 12.6. The first-order valence-corrected chi connectivity index (χ1v) is 7.14. The van der Waals surface area contributed by atoms with Crippen molar-refractivity contribution in [2.75, 3.05) is 0 Å². The second-order valence-corrected chi connectivity index (χ2v) is 6.01. The Balaban J connectivity index is 2.57. The van der Waals surface area contributed by atoms with Crippen LogP contribution in [0.25, 0.3) is 0 Å². The molecule has 0 spiro atoms. The lowest BCUT2D eigenvalue weighted by atomic mass is 9.88. The predicted octanol–water partition coefficient (Wildman–Crippen LogP) is 4.62. The van der Waals surface area contributed by atoms with Crippen LogP contribution in [0, 0.1) is 41.5 Å². The highest BCUT2D eigenvalue weighted by Crippen LogP contribution is 2.31. The van der Waals surface area contributed by atoms with E-state index in [-0.39, 0.29) is 0 Å². The van der Waals surface area contributed by atoms with Gasteiger partial charge in [0.2, 0.25) is 0 Å². The summed E-state index contributed by atoms with van der Waals surface area (Å²) in [5, 5.41) is 10.8. The zero-order valence-corrected chi connectivity index (χ0v) is 13.3. The number of aryl methyl sites for hydroxylation is 6. The SMILES string of the molecule is Cc1cc(C)c(C(O)c2cc(C)c(C)cc2C)c(C)c1. The van der Waals surface area contributed by atoms with Gasteiger partial charge in [0.15, 0.2) is 0 Å². The third-order valence-electron chi connectivity index (χ3n) is 4.19. The lowest BCUT2D eigenvalue weighted by Gasteiger charge is -2.20. The van der Waals surface area contributed by atoms with E-state index in [1.165, 1.54) is 16.7 Å². The minimum atomic E-state index is -0.546. The molecule has 0 saturated carbocycles. The van der Waals surface area contributed by atoms with E-state index >= 15 is 0 Å². The van der Waals surface area contributed by atoms with E-state index in [2.05, 4.69) is 65.8 Å². The molecule has 1 N–H and O–H groups in total. The van der Waals surface area contributed by atoms with Gasteiger partial charge in [-0.1, -0.05) is 29.8 Å². The van der Waals surface area contributed by atoms with Crippen molar-refractivity contribution >= 4 is 0 Å². The van der Waals surface area contributed by atoms with Gasteiger partial charge in [0, 0.05) is 0 Å². The summed E-state index contributed by atoms with van der Waals surface area (Å²) in [6, 6.07) is 8.56. The number of rotatable bonds is 2. The summed E-state index contributed by atoms with van der Waals surface area (Å²) in [5.41, 5.74) is 9.28. The number of aliphatic hydroxyl groups excluding tert-OH is 1. The molecule has 0 radical (unpaired) electrons. The molecule has 0 aliphatic heterocycles. The molecule has 1 heteroatoms. The molecule has 2 aromatic carbocycles. The zero-order chi connectivity index (χ0) is 15.0. The van der Waals surface area contributed by atoms with Gasteiger partial charge in [-0.2, -0.15) is 0 Å². The first-order valence-electron chi connectivity index (χ1n) is 7.14. The van der Waals surface area contributed by atoms with Crippen molar-refractivity contribution in [1.29, 1.82) is 0 Å². The standard InChI is InChI=1S/C19H24O/c1-11-7-15(5)18(16(6)8-11)19(20)17-10-13(3)12(2)9-14(17)4/h7-10,19-20H,1-6H3. The molecule has 2 rings (SSSR count). The maximum Gasteiger partial charge on any atom is 0.105 e. The van der Waals surface area contributed by atoms with Gasteiger partial charge in [-0.15, -0.1) is 0 Å². The fourth-order valence-corrected chi connectivity index (χ4v) is 3.06. The Morgan fingerprint density at radius 1 is 0.650 bits per heavy atom. The van der Waals surface area contributed by atoms with Gasteiger partial charge in [-0.05, 0) is 80.5 Å². The third kappa shape index (κ3) is 2.64. The number of hydrogen-bond donors (Lipinski definition) is 1. The Morgan fingerprint density at radius 3 is 1.70 bits per heavy atom. The summed E-state index contributed by atoms with van der Waals surface area (Å²) in [5.74, 6) is 0. The molecule has 0 heterocycles. The summed E-state index contributed by atoms with van der Waals surface area (Å²) in [6.45, 7) is 12.5. The molecule has 1 nitrogen and oxygen atoms in total. The molecule has 0 aliphatic carbocycles. The van der Waals surface area contributed by atoms with Crippen molar-refractivity contribution in [2.24, 2.45) is 0 Å². The van der Waals surface area contributed by atoms with E-state index in [1.54, 1.807) is 0 Å². The van der Waals surface area contributed by atoms with E-state index in [9.17, 15) is 5.11 Å². The largest absolute Gasteiger partial charge is 0.384 e. The van der Waals surface area contributed by atoms with Crippen LogP contribution >= 0.6 is 0 Å². The van der Waals surface area contributed by atoms with Crippen LogP contribution in [0.1, 0.15) is 50.6 Å². The molecule has 0 amide bonds. The molecule has 106 valence electrons. The van der Waals surface area contributed by atoms with Crippen LogP contribution in [0.3, 0.4) is 0 Å². The van der Waals surface area contributed by atoms with Crippen molar-refractivity contribution in [3.8, 4) is 0 Å². The molecule has 0 aromatic heterocycles. The predicted molar refractivity (Wildman–Crippen MR) is 85.4 cm³/mol. The van der Waals surface area contributed by atoms with E-state index in [4.69, 9.17) is 0 Å². The maximum atomic E-state index is 10.8. The van der Waals surface area contributed by atoms with Gasteiger partial charge in [0.05, 0.1) is 0 Å². The lowest BCUT2D eigenvalue weighted by molar-refractivity contribution is 0.218. The molecular formula is C19H24O. The lowest BCUT2D eigenvalue weighted by Crippen LogP contribution is -2.07. The monoisotopic (exact) mass is 268 g/mol. The Kier molecular flexibility index (Phi) is 4.01. The second kappa shape index (κ2) is 5.41. The van der Waals surface area contributed by atoms with Gasteiger partial charge in [-0.25, -0.2) is 0 Å². The fraction of sp³-hybridized carbons (Fsp3) is 0.368. The fourth-order valence-electron chi connectivity index (χ4n) is 3.06. The van der Waals surface area contributed by atoms with Crippen LogP contribution in [-0.4, -0.2) is 5.11 Å². The van der Waals surface area contributed by atoms with Crippen LogP contribution in [0.15, 0.2) is 24.3 Å². The molecule has 2 aromatic rings. The summed E-state index contributed by atoms with van der Waals surface area (Å²) in [7, 11) is 0. The van der Waals surface area contributed by atoms with Crippen LogP contribution < -0.4 is 0 Å². The molecule has 0 saturated heterocycles. The highest BCUT2D eigenvalue weighted by Gasteiger charge is 2.18. The summed E-state index contributed by atoms with van der Waals surface area (Å²) in [4.78, 5) is 0. The Hall–Kier alpha value is -1.60. The molecule has 0 fully saturated rings. The summed E-state index contributed by atoms with van der Waals surface area (Å²) >= 11 is 0. The third-order valence-corrected chi connectivity index (χ3v) is 4.19. The highest BCUT2D eigenvalue weighted by atomic mass is 16.3. The van der Waals surface area contributed by atoms with Crippen molar-refractivity contribution in [2.45, 2.75) is 47.6 Å². The average Bonchev–Trinajstić information content (AvgIpc) is 2.32. The zero-order valence-electron chi connectivity index (χ0n) is 13.3. The molecule has 1 unspecified atom stereocenters. The van der Waals surface area contributed by atoms with Crippen LogP contribution in [0.5, 0.6) is 0 Å². The Labute approximate surface area is 122 Å². The van der Waals surface area contributed by atoms with E-state index in [1.807, 2.05) is 0 Å². The van der Waals surface area contributed by atoms with E-state index in [0.717, 1.165) is 27.8 Å². The molecule has 0 aliphatic rings. The minimum absolute atomic E-state index is 0.546. The first-order chi connectivity index (χ1) is 9.31. The summed E-state index contributed by atoms with van der Waals surface area (Å²) in [6.07, 6.45) is -0.546. The quantitative estimate of drug-likeness (QED) is 0.842. The number of aliphatic hydroxyl groups is 1. The Morgan fingerprint density at radius 2 is 1.15 bits per heavy atom. The highest BCUT2D eigenvalue weighted by molar-refractivity contribution is 5.46. The number of benzene rings is 2. The van der Waals surface area contributed by atoms with Gasteiger partial charge in [-0.3, -0.25) is 0 Å². The Bertz CT molecular complexity index is 630. The molecule has 0 bridgehead atoms. The van der Waals surface area contributed by atoms with Crippen molar-refractivity contribution in [3.05, 3.63) is 68.8 Å². The van der Waals surface area contributed by atoms with E-state index < -0.39 is 6.10 Å². The topological polar surface area (TPSA) is 20.2 Å². The first kappa shape index (κ1) is 14.8. The van der Waals surface area contributed by atoms with Crippen molar-refractivity contribution in [1.82, 2.24) is 0 Å². The van der Waals surface area contributed by atoms with Crippen LogP contribution in [0.2, 0.25) is 0 Å². The smallest absolute Gasteiger partial charge is 0.105 e. The van der Waals surface area contributed by atoms with Crippen molar-refractivity contribution in [3.63, 3.8) is 0 Å². The molecular weight excluding hydrogens is 244 g/mol. The maximum absolute atomic E-state index is 10.8. The summed E-state index contributed by atoms with van der Waals surface area (Å²) < 4.78 is 0. The van der Waals surface area contributed by atoms with Gasteiger partial charge >= 0.3 is 0 Å². The van der Waals surface area contributed by atoms with E-state index in [0.29, 0.717) is 0 Å². The van der Waals surface area contributed by atoms with Crippen LogP contribution in [0.4, 0.5) is 0 Å². The molecule has 20 heavy (non-hydrogen) atoms. The average molecular weight is 268 g/mol. The van der Waals surface area contributed by atoms with Gasteiger partial charge in [0.25, 0.3) is 0 Å². The molecule has 1 atom stereocenters. The van der Waals surface area contributed by atoms with Crippen molar-refractivity contribution < 1.29 is 5.11 Å². The number of hydrogen-bond acceptors (Lipinski definition) is 1. The van der Waals surface area contributed by atoms with Gasteiger partial charge in [0.1, 0.15) is 6.10 Å². The van der Waals surface area contributed by atoms with Gasteiger partial charge < -0.3 is 5.11 Å². The second-order valence-electron chi connectivity index (χ2n) is 6.01. The van der Waals surface area contributed by atoms with Crippen LogP contribution in [-0.2, 0) is 0 Å².